The molecule has 126 valence electrons. The van der Waals surface area contributed by atoms with E-state index in [1.165, 1.54) is 16.0 Å². The molecule has 0 saturated carbocycles. The minimum atomic E-state index is 0.115. The molecule has 1 aliphatic heterocycles. The van der Waals surface area contributed by atoms with Gasteiger partial charge in [-0.1, -0.05) is 23.7 Å². The number of benzene rings is 1. The van der Waals surface area contributed by atoms with Crippen LogP contribution in [-0.4, -0.2) is 37.0 Å². The second-order valence-electron chi connectivity index (χ2n) is 6.18. The number of quaternary nitrogens is 1. The van der Waals surface area contributed by atoms with Gasteiger partial charge in [0.2, 0.25) is 5.91 Å². The van der Waals surface area contributed by atoms with Crippen molar-refractivity contribution in [3.05, 3.63) is 62.8 Å². The van der Waals surface area contributed by atoms with Gasteiger partial charge in [-0.25, -0.2) is 0 Å². The SMILES string of the molecule is Cc1ccsc1/C=C/C(=O)N1CC[NH+](Cc2cccc(Cl)c2)CC1. The average molecular weight is 362 g/mol. The third kappa shape index (κ3) is 4.47. The maximum absolute atomic E-state index is 12.3. The Bertz CT molecular complexity index is 732. The summed E-state index contributed by atoms with van der Waals surface area (Å²) in [5.74, 6) is 0.115. The molecule has 2 aromatic rings. The second-order valence-corrected chi connectivity index (χ2v) is 7.57. The third-order valence-corrected chi connectivity index (χ3v) is 5.62. The summed E-state index contributed by atoms with van der Waals surface area (Å²) in [5.41, 5.74) is 2.48. The van der Waals surface area contributed by atoms with Crippen LogP contribution in [0.2, 0.25) is 5.02 Å². The van der Waals surface area contributed by atoms with Gasteiger partial charge in [-0.15, -0.1) is 11.3 Å². The topological polar surface area (TPSA) is 24.8 Å². The van der Waals surface area contributed by atoms with Gasteiger partial charge in [0.25, 0.3) is 0 Å². The summed E-state index contributed by atoms with van der Waals surface area (Å²) in [5, 5.41) is 2.84. The molecule has 3 nitrogen and oxygen atoms in total. The van der Waals surface area contributed by atoms with Crippen molar-refractivity contribution in [3.8, 4) is 0 Å². The van der Waals surface area contributed by atoms with E-state index in [1.54, 1.807) is 17.4 Å². The molecule has 1 aliphatic rings. The van der Waals surface area contributed by atoms with Gasteiger partial charge >= 0.3 is 0 Å². The number of aryl methyl sites for hydroxylation is 1. The minimum absolute atomic E-state index is 0.115. The van der Waals surface area contributed by atoms with Crippen molar-refractivity contribution >= 4 is 34.9 Å². The first-order chi connectivity index (χ1) is 11.6. The Hall–Kier alpha value is -1.62. The molecule has 1 aromatic heterocycles. The summed E-state index contributed by atoms with van der Waals surface area (Å²) in [7, 11) is 0. The molecule has 0 spiro atoms. The molecule has 1 amide bonds. The maximum Gasteiger partial charge on any atom is 0.247 e. The van der Waals surface area contributed by atoms with Crippen molar-refractivity contribution in [3.63, 3.8) is 0 Å². The van der Waals surface area contributed by atoms with E-state index in [0.717, 1.165) is 42.6 Å². The number of carbonyl (C=O) groups is 1. The monoisotopic (exact) mass is 361 g/mol. The first-order valence-electron chi connectivity index (χ1n) is 8.21. The van der Waals surface area contributed by atoms with Crippen LogP contribution in [0.25, 0.3) is 6.08 Å². The van der Waals surface area contributed by atoms with Crippen LogP contribution in [-0.2, 0) is 11.3 Å². The van der Waals surface area contributed by atoms with Crippen LogP contribution in [0.4, 0.5) is 0 Å². The molecule has 2 heterocycles. The Labute approximate surface area is 152 Å². The largest absolute Gasteiger partial charge is 0.328 e. The van der Waals surface area contributed by atoms with E-state index in [1.807, 2.05) is 29.2 Å². The molecule has 1 N–H and O–H groups in total. The molecule has 0 aliphatic carbocycles. The van der Waals surface area contributed by atoms with Crippen LogP contribution >= 0.6 is 22.9 Å². The van der Waals surface area contributed by atoms with Gasteiger partial charge in [0.15, 0.2) is 0 Å². The molecular formula is C19H22ClN2OS+. The highest BCUT2D eigenvalue weighted by molar-refractivity contribution is 7.11. The number of amides is 1. The van der Waals surface area contributed by atoms with E-state index < -0.39 is 0 Å². The van der Waals surface area contributed by atoms with Crippen molar-refractivity contribution in [2.24, 2.45) is 0 Å². The quantitative estimate of drug-likeness (QED) is 0.832. The van der Waals surface area contributed by atoms with Gasteiger partial charge in [0.05, 0.1) is 26.2 Å². The Morgan fingerprint density at radius 2 is 2.12 bits per heavy atom. The zero-order valence-electron chi connectivity index (χ0n) is 13.8. The van der Waals surface area contributed by atoms with Crippen molar-refractivity contribution in [2.75, 3.05) is 26.2 Å². The summed E-state index contributed by atoms with van der Waals surface area (Å²) >= 11 is 7.71. The van der Waals surface area contributed by atoms with Crippen molar-refractivity contribution < 1.29 is 9.69 Å². The van der Waals surface area contributed by atoms with Gasteiger partial charge in [-0.3, -0.25) is 4.79 Å². The number of hydrogen-bond acceptors (Lipinski definition) is 2. The van der Waals surface area contributed by atoms with Crippen LogP contribution < -0.4 is 4.90 Å². The molecule has 3 rings (SSSR count). The number of carbonyl (C=O) groups excluding carboxylic acids is 1. The van der Waals surface area contributed by atoms with E-state index >= 15 is 0 Å². The molecule has 5 heteroatoms. The standard InChI is InChI=1S/C19H21ClN2OS/c1-15-7-12-24-18(15)5-6-19(23)22-10-8-21(9-11-22)14-16-3-2-4-17(20)13-16/h2-7,12-13H,8-11,14H2,1H3/p+1/b6-5+. The number of rotatable bonds is 4. The van der Waals surface area contributed by atoms with E-state index in [0.29, 0.717) is 0 Å². The summed E-state index contributed by atoms with van der Waals surface area (Å²) in [6.07, 6.45) is 3.65. The lowest BCUT2D eigenvalue weighted by molar-refractivity contribution is -0.917. The molecule has 0 unspecified atom stereocenters. The number of halogens is 1. The van der Waals surface area contributed by atoms with E-state index in [2.05, 4.69) is 24.4 Å². The molecule has 1 aromatic carbocycles. The van der Waals surface area contributed by atoms with Crippen LogP contribution in [0.1, 0.15) is 16.0 Å². The molecular weight excluding hydrogens is 340 g/mol. The molecule has 1 fully saturated rings. The van der Waals surface area contributed by atoms with Crippen LogP contribution in [0.3, 0.4) is 0 Å². The highest BCUT2D eigenvalue weighted by atomic mass is 35.5. The summed E-state index contributed by atoms with van der Waals surface area (Å²) < 4.78 is 0. The number of nitrogens with one attached hydrogen (secondary N) is 1. The first kappa shape index (κ1) is 17.2. The molecule has 0 radical (unpaired) electrons. The first-order valence-corrected chi connectivity index (χ1v) is 9.46. The van der Waals surface area contributed by atoms with Crippen molar-refractivity contribution in [1.82, 2.24) is 4.90 Å². The molecule has 1 saturated heterocycles. The molecule has 0 atom stereocenters. The summed E-state index contributed by atoms with van der Waals surface area (Å²) in [6, 6.07) is 10.1. The fraction of sp³-hybridized carbons (Fsp3) is 0.316. The predicted octanol–water partition coefficient (Wildman–Crippen LogP) is 2.65. The van der Waals surface area contributed by atoms with E-state index in [4.69, 9.17) is 11.6 Å². The van der Waals surface area contributed by atoms with Gasteiger partial charge in [-0.2, -0.15) is 0 Å². The number of hydrogen-bond donors (Lipinski definition) is 1. The summed E-state index contributed by atoms with van der Waals surface area (Å²) in [6.45, 7) is 6.60. The number of thiophene rings is 1. The van der Waals surface area contributed by atoms with Crippen molar-refractivity contribution in [1.29, 1.82) is 0 Å². The average Bonchev–Trinajstić information content (AvgIpc) is 2.98. The van der Waals surface area contributed by atoms with Crippen LogP contribution in [0, 0.1) is 6.92 Å². The Kier molecular flexibility index (Phi) is 5.72. The van der Waals surface area contributed by atoms with Crippen molar-refractivity contribution in [2.45, 2.75) is 13.5 Å². The van der Waals surface area contributed by atoms with Crippen LogP contribution in [0.15, 0.2) is 41.8 Å². The lowest BCUT2D eigenvalue weighted by Gasteiger charge is -2.31. The fourth-order valence-corrected chi connectivity index (χ4v) is 4.00. The Balaban J connectivity index is 1.50. The van der Waals surface area contributed by atoms with Gasteiger partial charge < -0.3 is 9.80 Å². The number of nitrogens with zero attached hydrogens (tertiary/aromatic N) is 1. The highest BCUT2D eigenvalue weighted by Crippen LogP contribution is 2.17. The minimum Gasteiger partial charge on any atom is -0.328 e. The third-order valence-electron chi connectivity index (χ3n) is 4.40. The number of piperazine rings is 1. The maximum atomic E-state index is 12.3. The molecule has 0 bridgehead atoms. The van der Waals surface area contributed by atoms with E-state index in [-0.39, 0.29) is 5.91 Å². The lowest BCUT2D eigenvalue weighted by atomic mass is 10.2. The predicted molar refractivity (Wildman–Crippen MR) is 101 cm³/mol. The zero-order chi connectivity index (χ0) is 16.9. The fourth-order valence-electron chi connectivity index (χ4n) is 2.96. The normalized spacial score (nSPS) is 16.0. The second kappa shape index (κ2) is 7.97. The Morgan fingerprint density at radius 3 is 2.79 bits per heavy atom. The van der Waals surface area contributed by atoms with Crippen LogP contribution in [0.5, 0.6) is 0 Å². The van der Waals surface area contributed by atoms with E-state index in [9.17, 15) is 4.79 Å². The van der Waals surface area contributed by atoms with Gasteiger partial charge in [-0.05, 0) is 42.1 Å². The highest BCUT2D eigenvalue weighted by Gasteiger charge is 2.22. The summed E-state index contributed by atoms with van der Waals surface area (Å²) in [4.78, 5) is 16.9. The lowest BCUT2D eigenvalue weighted by Crippen LogP contribution is -3.13. The van der Waals surface area contributed by atoms with Gasteiger partial charge in [0, 0.05) is 21.5 Å². The molecule has 24 heavy (non-hydrogen) atoms. The Morgan fingerprint density at radius 1 is 1.33 bits per heavy atom. The zero-order valence-corrected chi connectivity index (χ0v) is 15.4. The smallest absolute Gasteiger partial charge is 0.247 e. The van der Waals surface area contributed by atoms with Gasteiger partial charge in [0.1, 0.15) is 6.54 Å².